The maximum atomic E-state index is 9.76. The number of ether oxygens (including phenoxy) is 1. The quantitative estimate of drug-likeness (QED) is 0.880. The van der Waals surface area contributed by atoms with Crippen LogP contribution in [0.2, 0.25) is 0 Å². The SMILES string of the molecule is [2H]C([2H])([2H])C([2H])([2H])C([2H])([2H])N1CCO[C@H]2c3cc(O)ccc3CC[C@@H]21. The number of rotatable bonds is 2. The highest BCUT2D eigenvalue weighted by atomic mass is 16.5. The van der Waals surface area contributed by atoms with Gasteiger partial charge in [0.05, 0.1) is 12.7 Å². The lowest BCUT2D eigenvalue weighted by molar-refractivity contribution is -0.0801. The Bertz CT molecular complexity index is 662. The fourth-order valence-electron chi connectivity index (χ4n) is 2.91. The highest BCUT2D eigenvalue weighted by Crippen LogP contribution is 2.39. The minimum atomic E-state index is -3.09. The molecule has 1 fully saturated rings. The molecule has 0 aromatic heterocycles. The Morgan fingerprint density at radius 3 is 3.44 bits per heavy atom. The number of hydrogen-bond donors (Lipinski definition) is 1. The summed E-state index contributed by atoms with van der Waals surface area (Å²) in [5.74, 6) is 0.0842. The van der Waals surface area contributed by atoms with E-state index >= 15 is 0 Å². The molecule has 1 saturated heterocycles. The summed E-state index contributed by atoms with van der Waals surface area (Å²) in [4.78, 5) is 1.29. The summed E-state index contributed by atoms with van der Waals surface area (Å²) in [6.45, 7) is -5.50. The number of phenolic OH excluding ortho intramolecular Hbond substituents is 1. The molecule has 2 atom stereocenters. The molecular weight excluding hydrogens is 226 g/mol. The number of hydrogen-bond acceptors (Lipinski definition) is 3. The van der Waals surface area contributed by atoms with Crippen LogP contribution >= 0.6 is 0 Å². The van der Waals surface area contributed by atoms with Gasteiger partial charge >= 0.3 is 0 Å². The lowest BCUT2D eigenvalue weighted by Crippen LogP contribution is -2.49. The van der Waals surface area contributed by atoms with Crippen LogP contribution in [0.1, 0.15) is 46.5 Å². The molecule has 0 spiro atoms. The Morgan fingerprint density at radius 1 is 1.61 bits per heavy atom. The molecule has 18 heavy (non-hydrogen) atoms. The van der Waals surface area contributed by atoms with Crippen molar-refractivity contribution in [3.8, 4) is 5.75 Å². The first kappa shape index (κ1) is 6.40. The van der Waals surface area contributed by atoms with E-state index in [1.165, 1.54) is 4.90 Å². The van der Waals surface area contributed by atoms with Crippen LogP contribution in [0.3, 0.4) is 0 Å². The van der Waals surface area contributed by atoms with E-state index in [0.29, 0.717) is 12.8 Å². The first-order valence-corrected chi connectivity index (χ1v) is 6.17. The molecule has 3 nitrogen and oxygen atoms in total. The van der Waals surface area contributed by atoms with E-state index in [9.17, 15) is 5.11 Å². The summed E-state index contributed by atoms with van der Waals surface area (Å²) >= 11 is 0. The molecule has 98 valence electrons. The van der Waals surface area contributed by atoms with Crippen LogP contribution in [0.15, 0.2) is 18.2 Å². The Morgan fingerprint density at radius 2 is 2.56 bits per heavy atom. The van der Waals surface area contributed by atoms with Crippen molar-refractivity contribution < 1.29 is 19.4 Å². The van der Waals surface area contributed by atoms with Gasteiger partial charge in [-0.25, -0.2) is 0 Å². The normalized spacial score (nSPS) is 35.7. The van der Waals surface area contributed by atoms with Gasteiger partial charge in [-0.05, 0) is 49.0 Å². The van der Waals surface area contributed by atoms with E-state index in [2.05, 4.69) is 0 Å². The lowest BCUT2D eigenvalue weighted by Gasteiger charge is -2.44. The van der Waals surface area contributed by atoms with E-state index in [1.54, 1.807) is 18.2 Å². The predicted octanol–water partition coefficient (Wildman–Crippen LogP) is 2.49. The minimum Gasteiger partial charge on any atom is -0.508 e. The summed E-state index contributed by atoms with van der Waals surface area (Å²) in [6.07, 6.45) is -2.39. The van der Waals surface area contributed by atoms with E-state index in [-0.39, 0.29) is 18.9 Å². The van der Waals surface area contributed by atoms with Crippen molar-refractivity contribution >= 4 is 0 Å². The standard InChI is InChI=1S/C15H21NO2/c1-2-7-16-8-9-18-15-13-10-12(17)5-3-11(13)4-6-14(15)16/h3,5,10,14-15,17H,2,4,6-9H2,1H3/t14-,15-/m0/s1/i1D3,2D2,7D2. The predicted molar refractivity (Wildman–Crippen MR) is 70.8 cm³/mol. The third kappa shape index (κ3) is 2.02. The Balaban J connectivity index is 1.97. The zero-order valence-electron chi connectivity index (χ0n) is 17.0. The molecule has 0 radical (unpaired) electrons. The topological polar surface area (TPSA) is 32.7 Å². The number of benzene rings is 1. The van der Waals surface area contributed by atoms with E-state index in [0.717, 1.165) is 11.1 Å². The van der Waals surface area contributed by atoms with Crippen molar-refractivity contribution in [2.45, 2.75) is 38.2 Å². The summed E-state index contributed by atoms with van der Waals surface area (Å²) in [7, 11) is 0. The molecule has 3 rings (SSSR count). The molecule has 1 heterocycles. The first-order valence-electron chi connectivity index (χ1n) is 9.67. The number of aryl methyl sites for hydroxylation is 1. The Hall–Kier alpha value is -1.06. The summed E-state index contributed by atoms with van der Waals surface area (Å²) in [5.41, 5.74) is 1.76. The molecule has 0 amide bonds. The number of morpholine rings is 1. The van der Waals surface area contributed by atoms with Gasteiger partial charge in [0.15, 0.2) is 0 Å². The molecule has 0 unspecified atom stereocenters. The Labute approximate surface area is 118 Å². The zero-order valence-corrected chi connectivity index (χ0v) is 10.0. The molecule has 1 N–H and O–H groups in total. The van der Waals surface area contributed by atoms with Gasteiger partial charge in [0, 0.05) is 22.2 Å². The fourth-order valence-corrected chi connectivity index (χ4v) is 2.91. The highest BCUT2D eigenvalue weighted by Gasteiger charge is 2.36. The second kappa shape index (κ2) is 4.90. The van der Waals surface area contributed by atoms with E-state index in [1.807, 2.05) is 0 Å². The lowest BCUT2D eigenvalue weighted by atomic mass is 9.84. The summed E-state index contributed by atoms with van der Waals surface area (Å²) in [6, 6.07) is 4.49. The van der Waals surface area contributed by atoms with Crippen molar-refractivity contribution in [2.75, 3.05) is 19.6 Å². The molecule has 1 aliphatic heterocycles. The number of phenols is 1. The fraction of sp³-hybridized carbons (Fsp3) is 0.600. The zero-order chi connectivity index (χ0) is 18.6. The maximum Gasteiger partial charge on any atom is 0.115 e. The van der Waals surface area contributed by atoms with Crippen molar-refractivity contribution in [3.63, 3.8) is 0 Å². The number of aromatic hydroxyl groups is 1. The molecule has 3 heteroatoms. The van der Waals surface area contributed by atoms with Gasteiger partial charge in [-0.1, -0.05) is 12.9 Å². The van der Waals surface area contributed by atoms with Crippen molar-refractivity contribution in [3.05, 3.63) is 29.3 Å². The van der Waals surface area contributed by atoms with Gasteiger partial charge in [-0.2, -0.15) is 0 Å². The van der Waals surface area contributed by atoms with Gasteiger partial charge in [0.25, 0.3) is 0 Å². The van der Waals surface area contributed by atoms with Gasteiger partial charge in [-0.15, -0.1) is 0 Å². The minimum absolute atomic E-state index is 0.0842. The van der Waals surface area contributed by atoms with Crippen LogP contribution in [0.4, 0.5) is 0 Å². The monoisotopic (exact) mass is 254 g/mol. The van der Waals surface area contributed by atoms with E-state index < -0.39 is 31.9 Å². The van der Waals surface area contributed by atoms with Crippen LogP contribution in [0.25, 0.3) is 0 Å². The molecule has 1 aromatic carbocycles. The molecular formula is C15H21NO2. The van der Waals surface area contributed by atoms with Crippen LogP contribution in [-0.4, -0.2) is 35.7 Å². The van der Waals surface area contributed by atoms with Crippen LogP contribution < -0.4 is 0 Å². The van der Waals surface area contributed by atoms with Gasteiger partial charge in [-0.3, -0.25) is 4.90 Å². The molecule has 1 aliphatic carbocycles. The van der Waals surface area contributed by atoms with Crippen molar-refractivity contribution in [1.82, 2.24) is 4.90 Å². The van der Waals surface area contributed by atoms with Gasteiger partial charge in [0.1, 0.15) is 5.75 Å². The number of fused-ring (bicyclic) bond motifs is 3. The average Bonchev–Trinajstić information content (AvgIpc) is 2.52. The molecule has 0 bridgehead atoms. The van der Waals surface area contributed by atoms with Gasteiger partial charge in [0.2, 0.25) is 0 Å². The summed E-state index contributed by atoms with van der Waals surface area (Å²) in [5, 5.41) is 9.76. The third-order valence-electron chi connectivity index (χ3n) is 3.72. The largest absolute Gasteiger partial charge is 0.508 e. The second-order valence-corrected chi connectivity index (χ2v) is 4.71. The van der Waals surface area contributed by atoms with Crippen molar-refractivity contribution in [2.24, 2.45) is 0 Å². The Kier molecular flexibility index (Phi) is 1.74. The van der Waals surface area contributed by atoms with Crippen LogP contribution in [-0.2, 0) is 11.2 Å². The first-order chi connectivity index (χ1) is 11.5. The molecule has 1 aromatic rings. The maximum absolute atomic E-state index is 9.76. The van der Waals surface area contributed by atoms with Gasteiger partial charge < -0.3 is 9.84 Å². The molecule has 2 aliphatic rings. The van der Waals surface area contributed by atoms with Crippen molar-refractivity contribution in [1.29, 1.82) is 0 Å². The number of nitrogens with zero attached hydrogens (tertiary/aromatic N) is 1. The third-order valence-corrected chi connectivity index (χ3v) is 3.72. The van der Waals surface area contributed by atoms with Crippen LogP contribution in [0, 0.1) is 0 Å². The second-order valence-electron chi connectivity index (χ2n) is 4.71. The molecule has 0 saturated carbocycles. The smallest absolute Gasteiger partial charge is 0.115 e. The summed E-state index contributed by atoms with van der Waals surface area (Å²) < 4.78 is 60.4. The highest BCUT2D eigenvalue weighted by molar-refractivity contribution is 5.39. The van der Waals surface area contributed by atoms with Crippen LogP contribution in [0.5, 0.6) is 5.75 Å². The average molecular weight is 254 g/mol. The van der Waals surface area contributed by atoms with E-state index in [4.69, 9.17) is 14.3 Å².